The van der Waals surface area contributed by atoms with E-state index in [2.05, 4.69) is 45.7 Å². The van der Waals surface area contributed by atoms with Crippen LogP contribution in [0.2, 0.25) is 0 Å². The standard InChI is InChI=1S/C21H22N4OS2/c26-21-18(15-22-10-8-16-5-3-13-27-16)20(23-11-9-17-6-4-14-28-17)24-19-7-1-2-12-25(19)21/h1-7,12-14,22-23H,8-11,15H2. The Labute approximate surface area is 171 Å². The minimum atomic E-state index is -0.0205. The molecule has 0 aromatic carbocycles. The highest BCUT2D eigenvalue weighted by atomic mass is 32.1. The van der Waals surface area contributed by atoms with E-state index in [4.69, 9.17) is 4.98 Å². The van der Waals surface area contributed by atoms with Gasteiger partial charge in [0.25, 0.3) is 5.56 Å². The lowest BCUT2D eigenvalue weighted by atomic mass is 10.2. The molecule has 2 N–H and O–H groups in total. The largest absolute Gasteiger partial charge is 0.369 e. The number of nitrogens with zero attached hydrogens (tertiary/aromatic N) is 2. The molecule has 0 saturated carbocycles. The van der Waals surface area contributed by atoms with E-state index in [1.807, 2.05) is 18.2 Å². The fourth-order valence-electron chi connectivity index (χ4n) is 3.07. The van der Waals surface area contributed by atoms with Gasteiger partial charge in [0.05, 0.1) is 5.56 Å². The van der Waals surface area contributed by atoms with Crippen molar-refractivity contribution in [3.8, 4) is 0 Å². The van der Waals surface area contributed by atoms with Crippen molar-refractivity contribution in [1.29, 1.82) is 0 Å². The minimum absolute atomic E-state index is 0.0205. The Bertz CT molecular complexity index is 1070. The van der Waals surface area contributed by atoms with Gasteiger partial charge in [-0.05, 0) is 47.9 Å². The number of pyridine rings is 1. The summed E-state index contributed by atoms with van der Waals surface area (Å²) >= 11 is 3.50. The number of hydrogen-bond donors (Lipinski definition) is 2. The first-order valence-electron chi connectivity index (χ1n) is 9.31. The van der Waals surface area contributed by atoms with E-state index in [-0.39, 0.29) is 5.56 Å². The third-order valence-electron chi connectivity index (χ3n) is 4.50. The molecule has 4 rings (SSSR count). The van der Waals surface area contributed by atoms with Crippen molar-refractivity contribution in [2.45, 2.75) is 19.4 Å². The topological polar surface area (TPSA) is 58.4 Å². The number of fused-ring (bicyclic) bond motifs is 1. The Hall–Kier alpha value is -2.48. The lowest BCUT2D eigenvalue weighted by molar-refractivity contribution is 0.682. The zero-order valence-corrected chi connectivity index (χ0v) is 17.1. The van der Waals surface area contributed by atoms with Crippen LogP contribution in [0.5, 0.6) is 0 Å². The van der Waals surface area contributed by atoms with Gasteiger partial charge in [0.2, 0.25) is 0 Å². The maximum Gasteiger partial charge on any atom is 0.264 e. The summed E-state index contributed by atoms with van der Waals surface area (Å²) in [4.78, 5) is 20.4. The van der Waals surface area contributed by atoms with E-state index in [1.165, 1.54) is 9.75 Å². The van der Waals surface area contributed by atoms with Gasteiger partial charge in [-0.2, -0.15) is 0 Å². The van der Waals surface area contributed by atoms with Crippen LogP contribution in [-0.2, 0) is 19.4 Å². The Kier molecular flexibility index (Phi) is 6.16. The smallest absolute Gasteiger partial charge is 0.264 e. The molecule has 0 aliphatic heterocycles. The zero-order valence-electron chi connectivity index (χ0n) is 15.4. The number of nitrogens with one attached hydrogen (secondary N) is 2. The Morgan fingerprint density at radius 1 is 0.929 bits per heavy atom. The summed E-state index contributed by atoms with van der Waals surface area (Å²) in [6.45, 7) is 2.07. The second-order valence-electron chi connectivity index (χ2n) is 6.44. The van der Waals surface area contributed by atoms with Crippen LogP contribution < -0.4 is 16.2 Å². The molecule has 0 aliphatic carbocycles. The molecule has 0 aliphatic rings. The van der Waals surface area contributed by atoms with Crippen molar-refractivity contribution in [3.63, 3.8) is 0 Å². The molecule has 0 fully saturated rings. The predicted molar refractivity (Wildman–Crippen MR) is 118 cm³/mol. The number of hydrogen-bond acceptors (Lipinski definition) is 6. The molecule has 0 radical (unpaired) electrons. The number of anilines is 1. The van der Waals surface area contributed by atoms with Crippen molar-refractivity contribution in [2.24, 2.45) is 0 Å². The Morgan fingerprint density at radius 3 is 2.39 bits per heavy atom. The lowest BCUT2D eigenvalue weighted by Gasteiger charge is -2.13. The summed E-state index contributed by atoms with van der Waals surface area (Å²) in [5, 5.41) is 11.0. The van der Waals surface area contributed by atoms with Crippen molar-refractivity contribution >= 4 is 34.1 Å². The van der Waals surface area contributed by atoms with Crippen molar-refractivity contribution < 1.29 is 0 Å². The van der Waals surface area contributed by atoms with Crippen molar-refractivity contribution in [2.75, 3.05) is 18.4 Å². The fraction of sp³-hybridized carbons (Fsp3) is 0.238. The number of aromatic nitrogens is 2. The predicted octanol–water partition coefficient (Wildman–Crippen LogP) is 3.80. The van der Waals surface area contributed by atoms with E-state index >= 15 is 0 Å². The third-order valence-corrected chi connectivity index (χ3v) is 6.37. The highest BCUT2D eigenvalue weighted by molar-refractivity contribution is 7.10. The van der Waals surface area contributed by atoms with Crippen LogP contribution in [-0.4, -0.2) is 22.5 Å². The summed E-state index contributed by atoms with van der Waals surface area (Å²) in [5.74, 6) is 0.677. The lowest BCUT2D eigenvalue weighted by Crippen LogP contribution is -2.28. The highest BCUT2D eigenvalue weighted by Crippen LogP contribution is 2.13. The molecule has 0 atom stereocenters. The van der Waals surface area contributed by atoms with Crippen LogP contribution in [0.4, 0.5) is 5.82 Å². The van der Waals surface area contributed by atoms with Crippen LogP contribution in [0, 0.1) is 0 Å². The van der Waals surface area contributed by atoms with Gasteiger partial charge in [0.15, 0.2) is 0 Å². The van der Waals surface area contributed by atoms with E-state index in [9.17, 15) is 4.79 Å². The van der Waals surface area contributed by atoms with Gasteiger partial charge >= 0.3 is 0 Å². The van der Waals surface area contributed by atoms with Crippen LogP contribution in [0.3, 0.4) is 0 Å². The maximum atomic E-state index is 13.0. The third kappa shape index (κ3) is 4.49. The molecule has 0 saturated heterocycles. The molecule has 0 amide bonds. The van der Waals surface area contributed by atoms with Crippen LogP contribution in [0.15, 0.2) is 64.2 Å². The summed E-state index contributed by atoms with van der Waals surface area (Å²) in [7, 11) is 0. The molecule has 7 heteroatoms. The second kappa shape index (κ2) is 9.14. The van der Waals surface area contributed by atoms with Gasteiger partial charge < -0.3 is 10.6 Å². The molecule has 144 valence electrons. The van der Waals surface area contributed by atoms with Crippen molar-refractivity contribution in [3.05, 3.63) is 85.1 Å². The van der Waals surface area contributed by atoms with E-state index in [1.54, 1.807) is 33.3 Å². The van der Waals surface area contributed by atoms with E-state index in [0.29, 0.717) is 23.6 Å². The molecule has 0 spiro atoms. The first kappa shape index (κ1) is 18.9. The van der Waals surface area contributed by atoms with Gasteiger partial charge in [-0.15, -0.1) is 22.7 Å². The van der Waals surface area contributed by atoms with E-state index in [0.717, 1.165) is 25.9 Å². The molecule has 4 aromatic rings. The van der Waals surface area contributed by atoms with Gasteiger partial charge in [-0.3, -0.25) is 9.20 Å². The molecule has 0 bridgehead atoms. The van der Waals surface area contributed by atoms with Crippen LogP contribution >= 0.6 is 22.7 Å². The molecule has 5 nitrogen and oxygen atoms in total. The normalized spacial score (nSPS) is 11.1. The average molecular weight is 411 g/mol. The van der Waals surface area contributed by atoms with E-state index < -0.39 is 0 Å². The molecular formula is C21H22N4OS2. The molecule has 4 heterocycles. The summed E-state index contributed by atoms with van der Waals surface area (Å²) in [5.41, 5.74) is 1.32. The first-order chi connectivity index (χ1) is 13.8. The SMILES string of the molecule is O=c1c(CNCCc2cccs2)c(NCCc2cccs2)nc2ccccn12. The monoisotopic (exact) mass is 410 g/mol. The maximum absolute atomic E-state index is 13.0. The summed E-state index contributed by atoms with van der Waals surface area (Å²) in [6.07, 6.45) is 3.65. The van der Waals surface area contributed by atoms with Gasteiger partial charge in [-0.25, -0.2) is 4.98 Å². The highest BCUT2D eigenvalue weighted by Gasteiger charge is 2.12. The fourth-order valence-corrected chi connectivity index (χ4v) is 4.49. The van der Waals surface area contributed by atoms with Gasteiger partial charge in [0.1, 0.15) is 11.5 Å². The second-order valence-corrected chi connectivity index (χ2v) is 8.50. The van der Waals surface area contributed by atoms with Crippen LogP contribution in [0.25, 0.3) is 5.65 Å². The number of rotatable bonds is 9. The van der Waals surface area contributed by atoms with Gasteiger partial charge in [-0.1, -0.05) is 18.2 Å². The molecule has 4 aromatic heterocycles. The van der Waals surface area contributed by atoms with Crippen LogP contribution in [0.1, 0.15) is 15.3 Å². The minimum Gasteiger partial charge on any atom is -0.369 e. The molecular weight excluding hydrogens is 388 g/mol. The molecule has 0 unspecified atom stereocenters. The average Bonchev–Trinajstić information content (AvgIpc) is 3.41. The Morgan fingerprint density at radius 2 is 1.68 bits per heavy atom. The number of thiophene rings is 2. The van der Waals surface area contributed by atoms with Crippen molar-refractivity contribution in [1.82, 2.24) is 14.7 Å². The molecule has 28 heavy (non-hydrogen) atoms. The first-order valence-corrected chi connectivity index (χ1v) is 11.1. The van der Waals surface area contributed by atoms with Gasteiger partial charge in [0, 0.05) is 35.6 Å². The quantitative estimate of drug-likeness (QED) is 0.412. The Balaban J connectivity index is 1.49. The zero-order chi connectivity index (χ0) is 19.2. The summed E-state index contributed by atoms with van der Waals surface area (Å²) < 4.78 is 1.61. The summed E-state index contributed by atoms with van der Waals surface area (Å²) in [6, 6.07) is 14.0.